The molecule has 0 aromatic heterocycles. The zero-order chi connectivity index (χ0) is 9.19. The first-order valence-corrected chi connectivity index (χ1v) is 5.55. The highest BCUT2D eigenvalue weighted by Gasteiger charge is 2.35. The molecule has 0 spiro atoms. The Balaban J connectivity index is 2.41. The number of aliphatic hydroxyl groups is 1. The van der Waals surface area contributed by atoms with Gasteiger partial charge < -0.3 is 10.8 Å². The smallest absolute Gasteiger partial charge is 0.0582 e. The Morgan fingerprint density at radius 2 is 2.33 bits per heavy atom. The molecule has 2 unspecified atom stereocenters. The van der Waals surface area contributed by atoms with Crippen LogP contribution in [0.25, 0.3) is 0 Å². The number of nitrogens with two attached hydrogens (primary N) is 1. The van der Waals surface area contributed by atoms with E-state index in [1.54, 1.807) is 0 Å². The summed E-state index contributed by atoms with van der Waals surface area (Å²) in [5.41, 5.74) is 5.71. The molecular formula is C9H19NOS. The van der Waals surface area contributed by atoms with Crippen LogP contribution in [-0.2, 0) is 0 Å². The highest BCUT2D eigenvalue weighted by Crippen LogP contribution is 2.44. The van der Waals surface area contributed by atoms with Crippen molar-refractivity contribution in [1.29, 1.82) is 0 Å². The zero-order valence-electron chi connectivity index (χ0n) is 7.92. The average Bonchev–Trinajstić information content (AvgIpc) is 2.31. The monoisotopic (exact) mass is 189 g/mol. The van der Waals surface area contributed by atoms with E-state index in [9.17, 15) is 0 Å². The molecule has 0 aliphatic carbocycles. The molecule has 2 atom stereocenters. The molecule has 1 fully saturated rings. The van der Waals surface area contributed by atoms with Crippen molar-refractivity contribution in [3.05, 3.63) is 0 Å². The molecule has 3 N–H and O–H groups in total. The molecule has 3 heteroatoms. The van der Waals surface area contributed by atoms with Gasteiger partial charge in [-0.15, -0.1) is 0 Å². The Kier molecular flexibility index (Phi) is 3.44. The van der Waals surface area contributed by atoms with Crippen LogP contribution in [0, 0.1) is 5.92 Å². The molecule has 0 bridgehead atoms. The summed E-state index contributed by atoms with van der Waals surface area (Å²) in [5, 5.41) is 8.83. The van der Waals surface area contributed by atoms with Crippen molar-refractivity contribution >= 4 is 11.8 Å². The van der Waals surface area contributed by atoms with Gasteiger partial charge in [-0.2, -0.15) is 11.8 Å². The second kappa shape index (κ2) is 3.99. The summed E-state index contributed by atoms with van der Waals surface area (Å²) in [7, 11) is 0. The van der Waals surface area contributed by atoms with Gasteiger partial charge in [-0.1, -0.05) is 13.8 Å². The van der Waals surface area contributed by atoms with Crippen LogP contribution >= 0.6 is 11.8 Å². The van der Waals surface area contributed by atoms with Crippen LogP contribution in [0.4, 0.5) is 0 Å². The van der Waals surface area contributed by atoms with Gasteiger partial charge in [-0.3, -0.25) is 0 Å². The Morgan fingerprint density at radius 1 is 1.67 bits per heavy atom. The summed E-state index contributed by atoms with van der Waals surface area (Å²) in [6.07, 6.45) is 2.22. The van der Waals surface area contributed by atoms with Gasteiger partial charge >= 0.3 is 0 Å². The fourth-order valence-electron chi connectivity index (χ4n) is 1.77. The van der Waals surface area contributed by atoms with Crippen molar-refractivity contribution in [2.75, 3.05) is 12.4 Å². The number of hydrogen-bond acceptors (Lipinski definition) is 3. The third-order valence-corrected chi connectivity index (χ3v) is 4.26. The van der Waals surface area contributed by atoms with Crippen LogP contribution in [0.15, 0.2) is 0 Å². The van der Waals surface area contributed by atoms with Gasteiger partial charge in [0.05, 0.1) is 6.61 Å². The normalized spacial score (nSPS) is 30.5. The summed E-state index contributed by atoms with van der Waals surface area (Å²) >= 11 is 2.02. The third-order valence-electron chi connectivity index (χ3n) is 2.75. The quantitative estimate of drug-likeness (QED) is 0.702. The maximum absolute atomic E-state index is 8.83. The predicted octanol–water partition coefficient (Wildman–Crippen LogP) is 1.23. The largest absolute Gasteiger partial charge is 0.395 e. The highest BCUT2D eigenvalue weighted by molar-refractivity contribution is 8.00. The SMILES string of the molecule is CC1(C)SCCC1CC(N)CO. The van der Waals surface area contributed by atoms with Crippen LogP contribution < -0.4 is 5.73 Å². The van der Waals surface area contributed by atoms with Crippen LogP contribution in [0.3, 0.4) is 0 Å². The molecule has 0 aromatic rings. The van der Waals surface area contributed by atoms with Gasteiger partial charge in [-0.25, -0.2) is 0 Å². The van der Waals surface area contributed by atoms with Crippen LogP contribution in [0.5, 0.6) is 0 Å². The maximum atomic E-state index is 8.83. The minimum atomic E-state index is -0.0204. The van der Waals surface area contributed by atoms with Crippen molar-refractivity contribution in [1.82, 2.24) is 0 Å². The molecule has 72 valence electrons. The van der Waals surface area contributed by atoms with Gasteiger partial charge in [0.25, 0.3) is 0 Å². The molecular weight excluding hydrogens is 170 g/mol. The first kappa shape index (κ1) is 10.4. The summed E-state index contributed by atoms with van der Waals surface area (Å²) < 4.78 is 0.368. The fourth-order valence-corrected chi connectivity index (χ4v) is 3.15. The van der Waals surface area contributed by atoms with Gasteiger partial charge in [0.15, 0.2) is 0 Å². The minimum absolute atomic E-state index is 0.0204. The van der Waals surface area contributed by atoms with E-state index >= 15 is 0 Å². The number of hydrogen-bond donors (Lipinski definition) is 2. The van der Waals surface area contributed by atoms with E-state index in [2.05, 4.69) is 13.8 Å². The van der Waals surface area contributed by atoms with Gasteiger partial charge in [-0.05, 0) is 24.5 Å². The number of aliphatic hydroxyl groups excluding tert-OH is 1. The summed E-state index contributed by atoms with van der Waals surface area (Å²) in [6, 6.07) is -0.0204. The minimum Gasteiger partial charge on any atom is -0.395 e. The molecule has 1 rings (SSSR count). The summed E-state index contributed by atoms with van der Waals surface area (Å²) in [6.45, 7) is 4.68. The molecule has 1 heterocycles. The highest BCUT2D eigenvalue weighted by atomic mass is 32.2. The van der Waals surface area contributed by atoms with Crippen molar-refractivity contribution in [3.8, 4) is 0 Å². The van der Waals surface area contributed by atoms with E-state index in [1.807, 2.05) is 11.8 Å². The van der Waals surface area contributed by atoms with Crippen LogP contribution in [-0.4, -0.2) is 28.3 Å². The molecule has 0 aromatic carbocycles. The molecule has 0 radical (unpaired) electrons. The maximum Gasteiger partial charge on any atom is 0.0582 e. The molecule has 12 heavy (non-hydrogen) atoms. The fraction of sp³-hybridized carbons (Fsp3) is 1.00. The molecule has 1 saturated heterocycles. The Bertz CT molecular complexity index is 149. The Hall–Kier alpha value is 0.270. The van der Waals surface area contributed by atoms with Gasteiger partial charge in [0.2, 0.25) is 0 Å². The lowest BCUT2D eigenvalue weighted by Gasteiger charge is -2.27. The average molecular weight is 189 g/mol. The van der Waals surface area contributed by atoms with Crippen molar-refractivity contribution in [2.45, 2.75) is 37.5 Å². The lowest BCUT2D eigenvalue weighted by molar-refractivity contribution is 0.236. The predicted molar refractivity (Wildman–Crippen MR) is 54.3 cm³/mol. The number of thioether (sulfide) groups is 1. The summed E-state index contributed by atoms with van der Waals surface area (Å²) in [4.78, 5) is 0. The van der Waals surface area contributed by atoms with Gasteiger partial charge in [0, 0.05) is 10.8 Å². The van der Waals surface area contributed by atoms with Crippen molar-refractivity contribution in [2.24, 2.45) is 11.7 Å². The Morgan fingerprint density at radius 3 is 2.75 bits per heavy atom. The molecule has 2 nitrogen and oxygen atoms in total. The van der Waals surface area contributed by atoms with Crippen molar-refractivity contribution in [3.63, 3.8) is 0 Å². The first-order chi connectivity index (χ1) is 5.56. The van der Waals surface area contributed by atoms with E-state index in [4.69, 9.17) is 10.8 Å². The Labute approximate surface area is 78.9 Å². The lowest BCUT2D eigenvalue weighted by Crippen LogP contribution is -2.32. The van der Waals surface area contributed by atoms with Crippen LogP contribution in [0.1, 0.15) is 26.7 Å². The van der Waals surface area contributed by atoms with Crippen LogP contribution in [0.2, 0.25) is 0 Å². The topological polar surface area (TPSA) is 46.2 Å². The zero-order valence-corrected chi connectivity index (χ0v) is 8.73. The molecule has 0 saturated carbocycles. The summed E-state index contributed by atoms with van der Waals surface area (Å²) in [5.74, 6) is 1.93. The standard InChI is InChI=1S/C9H19NOS/c1-9(2)7(3-4-12-9)5-8(10)6-11/h7-8,11H,3-6,10H2,1-2H3. The van der Waals surface area contributed by atoms with Gasteiger partial charge in [0.1, 0.15) is 0 Å². The molecule has 1 aliphatic rings. The van der Waals surface area contributed by atoms with E-state index in [-0.39, 0.29) is 12.6 Å². The second-order valence-electron chi connectivity index (χ2n) is 4.12. The first-order valence-electron chi connectivity index (χ1n) is 4.56. The van der Waals surface area contributed by atoms with E-state index < -0.39 is 0 Å². The van der Waals surface area contributed by atoms with Crippen molar-refractivity contribution < 1.29 is 5.11 Å². The number of rotatable bonds is 3. The second-order valence-corrected chi connectivity index (χ2v) is 5.86. The van der Waals surface area contributed by atoms with E-state index in [0.29, 0.717) is 10.7 Å². The molecule has 1 aliphatic heterocycles. The lowest BCUT2D eigenvalue weighted by atomic mass is 9.87. The third kappa shape index (κ3) is 2.38. The van der Waals surface area contributed by atoms with E-state index in [1.165, 1.54) is 12.2 Å². The van der Waals surface area contributed by atoms with E-state index in [0.717, 1.165) is 6.42 Å². The molecule has 0 amide bonds.